The van der Waals surface area contributed by atoms with Gasteiger partial charge in [0.1, 0.15) is 0 Å². The Morgan fingerprint density at radius 2 is 1.67 bits per heavy atom. The van der Waals surface area contributed by atoms with Gasteiger partial charge in [-0.2, -0.15) is 8.78 Å². The summed E-state index contributed by atoms with van der Waals surface area (Å²) in [7, 11) is 0. The maximum atomic E-state index is 12.2. The van der Waals surface area contributed by atoms with E-state index in [0.29, 0.717) is 13.2 Å². The van der Waals surface area contributed by atoms with E-state index in [0.717, 1.165) is 0 Å². The molecular formula is C7H13ClF2O2. The molecule has 0 heterocycles. The van der Waals surface area contributed by atoms with Crippen LogP contribution in [0.4, 0.5) is 8.78 Å². The predicted octanol–water partition coefficient (Wildman–Crippen LogP) is 2.61. The van der Waals surface area contributed by atoms with Crippen molar-refractivity contribution < 1.29 is 18.3 Å². The van der Waals surface area contributed by atoms with Gasteiger partial charge in [0.05, 0.1) is 6.42 Å². The molecule has 0 spiro atoms. The van der Waals surface area contributed by atoms with E-state index in [1.807, 2.05) is 0 Å². The number of halogens is 3. The Kier molecular flexibility index (Phi) is 5.70. The molecule has 0 aliphatic heterocycles. The molecule has 5 heteroatoms. The van der Waals surface area contributed by atoms with E-state index >= 15 is 0 Å². The fourth-order valence-corrected chi connectivity index (χ4v) is 0.853. The van der Waals surface area contributed by atoms with E-state index < -0.39 is 18.1 Å². The van der Waals surface area contributed by atoms with E-state index in [9.17, 15) is 8.78 Å². The van der Waals surface area contributed by atoms with Crippen LogP contribution in [-0.4, -0.2) is 24.9 Å². The van der Waals surface area contributed by atoms with Crippen molar-refractivity contribution in [2.24, 2.45) is 0 Å². The molecule has 0 aromatic rings. The maximum absolute atomic E-state index is 12.2. The highest BCUT2D eigenvalue weighted by molar-refractivity contribution is 6.21. The minimum atomic E-state index is -3.25. The molecule has 0 radical (unpaired) electrons. The normalized spacial score (nSPS) is 12.5. The van der Waals surface area contributed by atoms with Crippen LogP contribution in [0.25, 0.3) is 0 Å². The molecule has 0 aromatic heterocycles. The topological polar surface area (TPSA) is 18.5 Å². The third kappa shape index (κ3) is 6.76. The summed E-state index contributed by atoms with van der Waals surface area (Å²) in [6.45, 7) is 4.08. The van der Waals surface area contributed by atoms with Crippen molar-refractivity contribution >= 4 is 11.6 Å². The molecule has 0 N–H and O–H groups in total. The third-order valence-corrected chi connectivity index (χ3v) is 1.26. The smallest absolute Gasteiger partial charge is 0.326 e. The summed E-state index contributed by atoms with van der Waals surface area (Å²) in [5.74, 6) is 0. The lowest BCUT2D eigenvalue weighted by Gasteiger charge is -2.18. The third-order valence-electron chi connectivity index (χ3n) is 1.10. The average molecular weight is 203 g/mol. The van der Waals surface area contributed by atoms with Crippen molar-refractivity contribution in [1.29, 1.82) is 0 Å². The fraction of sp³-hybridized carbons (Fsp3) is 1.00. The minimum Gasteiger partial charge on any atom is -0.353 e. The Hall–Kier alpha value is 0.0700. The van der Waals surface area contributed by atoms with E-state index in [1.165, 1.54) is 0 Å². The van der Waals surface area contributed by atoms with E-state index in [-0.39, 0.29) is 0 Å². The Bertz CT molecular complexity index is 110. The number of alkyl halides is 3. The monoisotopic (exact) mass is 202 g/mol. The van der Waals surface area contributed by atoms with Crippen LogP contribution in [-0.2, 0) is 9.47 Å². The molecule has 0 amide bonds. The first-order valence-corrected chi connectivity index (χ1v) is 4.17. The average Bonchev–Trinajstić information content (AvgIpc) is 1.84. The van der Waals surface area contributed by atoms with Crippen molar-refractivity contribution in [1.82, 2.24) is 0 Å². The van der Waals surface area contributed by atoms with Crippen molar-refractivity contribution in [3.05, 3.63) is 0 Å². The van der Waals surface area contributed by atoms with Crippen molar-refractivity contribution in [3.8, 4) is 0 Å². The van der Waals surface area contributed by atoms with Gasteiger partial charge in [-0.25, -0.2) is 0 Å². The summed E-state index contributed by atoms with van der Waals surface area (Å²) < 4.78 is 34.2. The fourth-order valence-electron chi connectivity index (χ4n) is 0.727. The summed E-state index contributed by atoms with van der Waals surface area (Å²) in [4.78, 5) is 0. The second-order valence-electron chi connectivity index (χ2n) is 2.16. The SMILES string of the molecule is CCOC(CC(F)(F)Cl)OCC. The second-order valence-corrected chi connectivity index (χ2v) is 2.71. The molecule has 0 atom stereocenters. The van der Waals surface area contributed by atoms with Gasteiger partial charge >= 0.3 is 5.38 Å². The predicted molar refractivity (Wildman–Crippen MR) is 42.5 cm³/mol. The molecular weight excluding hydrogens is 190 g/mol. The highest BCUT2D eigenvalue weighted by atomic mass is 35.5. The first-order valence-electron chi connectivity index (χ1n) is 3.79. The molecule has 0 aliphatic carbocycles. The first kappa shape index (κ1) is 12.1. The Labute approximate surface area is 75.8 Å². The zero-order valence-corrected chi connectivity index (χ0v) is 7.90. The minimum absolute atomic E-state index is 0.331. The highest BCUT2D eigenvalue weighted by Crippen LogP contribution is 2.26. The summed E-state index contributed by atoms with van der Waals surface area (Å²) >= 11 is 4.71. The molecule has 0 fully saturated rings. The van der Waals surface area contributed by atoms with Gasteiger partial charge in [-0.05, 0) is 25.4 Å². The van der Waals surface area contributed by atoms with Gasteiger partial charge in [0.15, 0.2) is 6.29 Å². The largest absolute Gasteiger partial charge is 0.353 e. The lowest BCUT2D eigenvalue weighted by atomic mass is 10.4. The van der Waals surface area contributed by atoms with Crippen molar-refractivity contribution in [2.45, 2.75) is 31.9 Å². The van der Waals surface area contributed by atoms with Crippen LogP contribution >= 0.6 is 11.6 Å². The number of hydrogen-bond donors (Lipinski definition) is 0. The number of ether oxygens (including phenoxy) is 2. The van der Waals surface area contributed by atoms with Crippen LogP contribution in [0.1, 0.15) is 20.3 Å². The summed E-state index contributed by atoms with van der Waals surface area (Å²) in [6, 6.07) is 0. The van der Waals surface area contributed by atoms with Gasteiger partial charge in [-0.1, -0.05) is 0 Å². The lowest BCUT2D eigenvalue weighted by Crippen LogP contribution is -2.24. The Morgan fingerprint density at radius 1 is 1.25 bits per heavy atom. The van der Waals surface area contributed by atoms with Gasteiger partial charge in [0.25, 0.3) is 0 Å². The molecule has 2 nitrogen and oxygen atoms in total. The molecule has 0 saturated carbocycles. The highest BCUT2D eigenvalue weighted by Gasteiger charge is 2.30. The van der Waals surface area contributed by atoms with Gasteiger partial charge in [0.2, 0.25) is 0 Å². The van der Waals surface area contributed by atoms with Crippen LogP contribution in [0.15, 0.2) is 0 Å². The van der Waals surface area contributed by atoms with E-state index in [4.69, 9.17) is 21.1 Å². The van der Waals surface area contributed by atoms with Crippen LogP contribution in [0, 0.1) is 0 Å². The van der Waals surface area contributed by atoms with E-state index in [2.05, 4.69) is 0 Å². The van der Waals surface area contributed by atoms with E-state index in [1.54, 1.807) is 13.8 Å². The van der Waals surface area contributed by atoms with Gasteiger partial charge in [-0.3, -0.25) is 0 Å². The van der Waals surface area contributed by atoms with Gasteiger partial charge in [-0.15, -0.1) is 0 Å². The second kappa shape index (κ2) is 5.67. The molecule has 0 aromatic carbocycles. The van der Waals surface area contributed by atoms with Gasteiger partial charge < -0.3 is 9.47 Å². The van der Waals surface area contributed by atoms with Crippen molar-refractivity contribution in [3.63, 3.8) is 0 Å². The lowest BCUT2D eigenvalue weighted by molar-refractivity contribution is -0.162. The van der Waals surface area contributed by atoms with Gasteiger partial charge in [0, 0.05) is 13.2 Å². The van der Waals surface area contributed by atoms with Crippen LogP contribution in [0.2, 0.25) is 0 Å². The summed E-state index contributed by atoms with van der Waals surface area (Å²) in [6.07, 6.45) is -1.52. The van der Waals surface area contributed by atoms with Crippen molar-refractivity contribution in [2.75, 3.05) is 13.2 Å². The zero-order valence-electron chi connectivity index (χ0n) is 7.15. The standard InChI is InChI=1S/C7H13ClF2O2/c1-3-11-6(12-4-2)5-7(8,9)10/h6H,3-5H2,1-2H3. The molecule has 0 saturated heterocycles. The van der Waals surface area contributed by atoms with Crippen LogP contribution in [0.3, 0.4) is 0 Å². The summed E-state index contributed by atoms with van der Waals surface area (Å²) in [5.41, 5.74) is 0. The first-order chi connectivity index (χ1) is 5.49. The Balaban J connectivity index is 3.77. The van der Waals surface area contributed by atoms with Crippen LogP contribution in [0.5, 0.6) is 0 Å². The number of hydrogen-bond acceptors (Lipinski definition) is 2. The molecule has 0 unspecified atom stereocenters. The molecule has 0 bridgehead atoms. The summed E-state index contributed by atoms with van der Waals surface area (Å²) in [5, 5.41) is -3.25. The van der Waals surface area contributed by atoms with Crippen LogP contribution < -0.4 is 0 Å². The molecule has 0 rings (SSSR count). The molecule has 12 heavy (non-hydrogen) atoms. The number of rotatable bonds is 6. The molecule has 74 valence electrons. The zero-order chi connectivity index (χ0) is 9.61. The quantitative estimate of drug-likeness (QED) is 0.487. The maximum Gasteiger partial charge on any atom is 0.326 e. The Morgan fingerprint density at radius 3 is 1.92 bits per heavy atom. The molecule has 0 aliphatic rings.